The van der Waals surface area contributed by atoms with E-state index in [1.165, 1.54) is 0 Å². The highest BCUT2D eigenvalue weighted by Gasteiger charge is 2.10. The fraction of sp³-hybridized carbons (Fsp3) is 1.00. The predicted octanol–water partition coefficient (Wildman–Crippen LogP) is -0.352. The van der Waals surface area contributed by atoms with Crippen molar-refractivity contribution < 1.29 is 13.2 Å². The summed E-state index contributed by atoms with van der Waals surface area (Å²) < 4.78 is 27.6. The molecule has 5 nitrogen and oxygen atoms in total. The van der Waals surface area contributed by atoms with Crippen molar-refractivity contribution in [2.45, 2.75) is 13.3 Å². The van der Waals surface area contributed by atoms with Gasteiger partial charge in [-0.3, -0.25) is 5.43 Å². The van der Waals surface area contributed by atoms with E-state index in [-0.39, 0.29) is 11.5 Å². The van der Waals surface area contributed by atoms with Gasteiger partial charge in [-0.15, -0.1) is 0 Å². The molecule has 90 valence electrons. The number of rotatable bonds is 6. The van der Waals surface area contributed by atoms with E-state index in [1.54, 1.807) is 6.92 Å². The summed E-state index contributed by atoms with van der Waals surface area (Å²) in [6, 6.07) is 0. The number of ether oxygens (including phenoxy) is 1. The molecule has 1 N–H and O–H groups in total. The molecule has 0 bridgehead atoms. The molecule has 6 heteroatoms. The zero-order chi connectivity index (χ0) is 11.1. The van der Waals surface area contributed by atoms with Crippen molar-refractivity contribution in [1.82, 2.24) is 10.4 Å². The maximum absolute atomic E-state index is 11.2. The molecule has 15 heavy (non-hydrogen) atoms. The van der Waals surface area contributed by atoms with Gasteiger partial charge < -0.3 is 4.74 Å². The van der Waals surface area contributed by atoms with Crippen LogP contribution in [-0.2, 0) is 14.6 Å². The minimum absolute atomic E-state index is 0.241. The van der Waals surface area contributed by atoms with Gasteiger partial charge in [0.2, 0.25) is 0 Å². The molecule has 0 amide bonds. The first-order valence-corrected chi connectivity index (χ1v) is 7.23. The van der Waals surface area contributed by atoms with Crippen LogP contribution in [0.15, 0.2) is 0 Å². The van der Waals surface area contributed by atoms with E-state index in [0.29, 0.717) is 6.42 Å². The van der Waals surface area contributed by atoms with E-state index >= 15 is 0 Å². The minimum atomic E-state index is -2.81. The molecule has 0 unspecified atom stereocenters. The van der Waals surface area contributed by atoms with Gasteiger partial charge in [-0.05, 0) is 6.42 Å². The van der Waals surface area contributed by atoms with E-state index in [2.05, 4.69) is 10.4 Å². The van der Waals surface area contributed by atoms with E-state index < -0.39 is 9.84 Å². The van der Waals surface area contributed by atoms with E-state index in [0.717, 1.165) is 32.8 Å². The van der Waals surface area contributed by atoms with E-state index in [9.17, 15) is 8.42 Å². The molecule has 1 aliphatic heterocycles. The van der Waals surface area contributed by atoms with Crippen molar-refractivity contribution >= 4 is 9.84 Å². The number of sulfone groups is 1. The lowest BCUT2D eigenvalue weighted by molar-refractivity contribution is 0.0122. The highest BCUT2D eigenvalue weighted by atomic mass is 32.2. The third-order valence-corrected chi connectivity index (χ3v) is 4.21. The van der Waals surface area contributed by atoms with Gasteiger partial charge >= 0.3 is 0 Å². The van der Waals surface area contributed by atoms with Crippen LogP contribution in [0.5, 0.6) is 0 Å². The van der Waals surface area contributed by atoms with Crippen LogP contribution in [0.4, 0.5) is 0 Å². The van der Waals surface area contributed by atoms with Crippen LogP contribution in [-0.4, -0.2) is 57.8 Å². The molecule has 0 aromatic rings. The second-order valence-electron chi connectivity index (χ2n) is 3.60. The summed E-state index contributed by atoms with van der Waals surface area (Å²) >= 11 is 0. The lowest BCUT2D eigenvalue weighted by Crippen LogP contribution is -2.46. The molecule has 0 atom stereocenters. The summed E-state index contributed by atoms with van der Waals surface area (Å²) in [4.78, 5) is 0. The van der Waals surface area contributed by atoms with Gasteiger partial charge in [0.05, 0.1) is 19.0 Å². The highest BCUT2D eigenvalue weighted by molar-refractivity contribution is 7.91. The van der Waals surface area contributed by atoms with Crippen LogP contribution in [0.1, 0.15) is 13.3 Å². The minimum Gasteiger partial charge on any atom is -0.379 e. The maximum atomic E-state index is 11.2. The molecule has 0 spiro atoms. The Kier molecular flexibility index (Phi) is 5.52. The number of nitrogens with zero attached hydrogens (tertiary/aromatic N) is 1. The van der Waals surface area contributed by atoms with E-state index in [4.69, 9.17) is 4.74 Å². The first kappa shape index (κ1) is 12.9. The van der Waals surface area contributed by atoms with E-state index in [1.807, 2.05) is 0 Å². The van der Waals surface area contributed by atoms with Gasteiger partial charge in [0.15, 0.2) is 0 Å². The average Bonchev–Trinajstić information content (AvgIpc) is 2.26. The molecule has 0 aliphatic carbocycles. The summed E-state index contributed by atoms with van der Waals surface area (Å²) in [5.41, 5.74) is 3.21. The van der Waals surface area contributed by atoms with Crippen LogP contribution >= 0.6 is 0 Å². The third-order valence-electron chi connectivity index (χ3n) is 2.42. The average molecular weight is 236 g/mol. The Morgan fingerprint density at radius 3 is 2.60 bits per heavy atom. The molecule has 1 heterocycles. The molecule has 1 fully saturated rings. The number of hydrogen-bond acceptors (Lipinski definition) is 5. The molecule has 1 rings (SSSR count). The SMILES string of the molecule is CCS(=O)(=O)CCCNN1CCOCC1. The zero-order valence-corrected chi connectivity index (χ0v) is 10.1. The first-order valence-electron chi connectivity index (χ1n) is 5.40. The molecule has 1 saturated heterocycles. The van der Waals surface area contributed by atoms with Crippen LogP contribution in [0.3, 0.4) is 0 Å². The smallest absolute Gasteiger partial charge is 0.150 e. The Hall–Kier alpha value is -0.170. The van der Waals surface area contributed by atoms with Crippen molar-refractivity contribution in [1.29, 1.82) is 0 Å². The van der Waals surface area contributed by atoms with Crippen LogP contribution in [0.25, 0.3) is 0 Å². The Balaban J connectivity index is 2.06. The number of hydrogen-bond donors (Lipinski definition) is 1. The third kappa shape index (κ3) is 5.46. The number of hydrazine groups is 1. The van der Waals surface area contributed by atoms with Crippen LogP contribution in [0.2, 0.25) is 0 Å². The van der Waals surface area contributed by atoms with Crippen molar-refractivity contribution in [3.05, 3.63) is 0 Å². The van der Waals surface area contributed by atoms with Crippen molar-refractivity contribution in [2.75, 3.05) is 44.4 Å². The van der Waals surface area contributed by atoms with Crippen LogP contribution in [0, 0.1) is 0 Å². The van der Waals surface area contributed by atoms with Gasteiger partial charge in [-0.25, -0.2) is 13.4 Å². The standard InChI is InChI=1S/C9H20N2O3S/c1-2-15(12,13)9-3-4-10-11-5-7-14-8-6-11/h10H,2-9H2,1H3. The number of nitrogens with one attached hydrogen (secondary N) is 1. The Bertz CT molecular complexity index is 261. The molecule has 1 aliphatic rings. The molecular formula is C9H20N2O3S. The first-order chi connectivity index (χ1) is 7.14. The quantitative estimate of drug-likeness (QED) is 0.639. The summed E-state index contributed by atoms with van der Waals surface area (Å²) in [5, 5.41) is 2.09. The van der Waals surface area contributed by atoms with Crippen molar-refractivity contribution in [3.8, 4) is 0 Å². The fourth-order valence-corrected chi connectivity index (χ4v) is 2.27. The normalized spacial score (nSPS) is 19.3. The van der Waals surface area contributed by atoms with Gasteiger partial charge in [-0.2, -0.15) is 0 Å². The summed E-state index contributed by atoms with van der Waals surface area (Å²) in [6.45, 7) is 5.66. The zero-order valence-electron chi connectivity index (χ0n) is 9.24. The highest BCUT2D eigenvalue weighted by Crippen LogP contribution is 1.95. The van der Waals surface area contributed by atoms with Crippen molar-refractivity contribution in [3.63, 3.8) is 0 Å². The number of morpholine rings is 1. The summed E-state index contributed by atoms with van der Waals surface area (Å²) in [5.74, 6) is 0.519. The summed E-state index contributed by atoms with van der Waals surface area (Å²) in [7, 11) is -2.81. The van der Waals surface area contributed by atoms with Gasteiger partial charge in [-0.1, -0.05) is 6.92 Å². The molecule has 0 aromatic carbocycles. The lowest BCUT2D eigenvalue weighted by atomic mass is 10.5. The van der Waals surface area contributed by atoms with Gasteiger partial charge in [0.25, 0.3) is 0 Å². The second-order valence-corrected chi connectivity index (χ2v) is 6.07. The predicted molar refractivity (Wildman–Crippen MR) is 59.3 cm³/mol. The topological polar surface area (TPSA) is 58.6 Å². The van der Waals surface area contributed by atoms with Crippen LogP contribution < -0.4 is 5.43 Å². The maximum Gasteiger partial charge on any atom is 0.150 e. The molecule has 0 radical (unpaired) electrons. The Labute approximate surface area is 91.7 Å². The summed E-state index contributed by atoms with van der Waals surface area (Å²) in [6.07, 6.45) is 0.674. The molecule has 0 aromatic heterocycles. The van der Waals surface area contributed by atoms with Gasteiger partial charge in [0.1, 0.15) is 9.84 Å². The fourth-order valence-electron chi connectivity index (χ4n) is 1.40. The molecular weight excluding hydrogens is 216 g/mol. The van der Waals surface area contributed by atoms with Crippen molar-refractivity contribution in [2.24, 2.45) is 0 Å². The second kappa shape index (κ2) is 6.42. The Morgan fingerprint density at radius 1 is 1.33 bits per heavy atom. The molecule has 0 saturated carbocycles. The largest absolute Gasteiger partial charge is 0.379 e. The lowest BCUT2D eigenvalue weighted by Gasteiger charge is -2.27. The monoisotopic (exact) mass is 236 g/mol. The Morgan fingerprint density at radius 2 is 2.00 bits per heavy atom. The van der Waals surface area contributed by atoms with Gasteiger partial charge in [0, 0.05) is 25.4 Å².